The molecule has 1 rings (SSSR count). The van der Waals surface area contributed by atoms with Gasteiger partial charge in [0.15, 0.2) is 0 Å². The number of aromatic nitrogens is 1. The van der Waals surface area contributed by atoms with Gasteiger partial charge < -0.3 is 0 Å². The van der Waals surface area contributed by atoms with Crippen molar-refractivity contribution in [3.05, 3.63) is 30.6 Å². The minimum absolute atomic E-state index is 0.0117. The maximum absolute atomic E-state index is 10.2. The maximum atomic E-state index is 10.2. The Morgan fingerprint density at radius 3 is 2.82 bits per heavy atom. The number of rotatable bonds is 1. The first-order valence-corrected chi connectivity index (χ1v) is 4.44. The summed E-state index contributed by atoms with van der Waals surface area (Å²) in [5, 5.41) is 10.2. The quantitative estimate of drug-likeness (QED) is 0.344. The van der Waals surface area contributed by atoms with E-state index in [0.29, 0.717) is 4.60 Å². The standard InChI is InChI=1S/C5H2BrIN2O2/c6-5-4(7)1-3(2-8-5)9(10)11/h1-2H. The van der Waals surface area contributed by atoms with E-state index in [1.165, 1.54) is 12.3 Å². The fourth-order valence-electron chi connectivity index (χ4n) is 0.511. The van der Waals surface area contributed by atoms with Crippen molar-refractivity contribution in [3.8, 4) is 0 Å². The molecule has 0 amide bonds. The van der Waals surface area contributed by atoms with Crippen molar-refractivity contribution < 1.29 is 4.92 Å². The monoisotopic (exact) mass is 328 g/mol. The second kappa shape index (κ2) is 3.44. The highest BCUT2D eigenvalue weighted by Gasteiger charge is 2.07. The summed E-state index contributed by atoms with van der Waals surface area (Å²) in [6.45, 7) is 0. The Morgan fingerprint density at radius 1 is 1.73 bits per heavy atom. The molecule has 0 saturated carbocycles. The lowest BCUT2D eigenvalue weighted by Gasteiger charge is -1.93. The largest absolute Gasteiger partial charge is 0.288 e. The number of nitro groups is 1. The number of halogens is 2. The van der Waals surface area contributed by atoms with Crippen LogP contribution in [0.5, 0.6) is 0 Å². The number of pyridine rings is 1. The van der Waals surface area contributed by atoms with Gasteiger partial charge in [0.05, 0.1) is 8.49 Å². The molecule has 1 aromatic rings. The van der Waals surface area contributed by atoms with Crippen LogP contribution in [0.3, 0.4) is 0 Å². The molecule has 0 aliphatic heterocycles. The number of nitrogens with zero attached hydrogens (tertiary/aromatic N) is 2. The van der Waals surface area contributed by atoms with E-state index in [9.17, 15) is 10.1 Å². The predicted octanol–water partition coefficient (Wildman–Crippen LogP) is 2.36. The van der Waals surface area contributed by atoms with Crippen LogP contribution in [0.1, 0.15) is 0 Å². The molecule has 0 unspecified atom stereocenters. The van der Waals surface area contributed by atoms with Crippen LogP contribution in [0.2, 0.25) is 0 Å². The van der Waals surface area contributed by atoms with Crippen LogP contribution in [0.15, 0.2) is 16.9 Å². The van der Waals surface area contributed by atoms with Gasteiger partial charge >= 0.3 is 0 Å². The third-order valence-electron chi connectivity index (χ3n) is 0.993. The van der Waals surface area contributed by atoms with Gasteiger partial charge in [-0.15, -0.1) is 0 Å². The molecular formula is C5H2BrIN2O2. The molecule has 0 aliphatic rings. The molecule has 0 bridgehead atoms. The molecule has 0 N–H and O–H groups in total. The van der Waals surface area contributed by atoms with Gasteiger partial charge in [0, 0.05) is 6.07 Å². The van der Waals surface area contributed by atoms with E-state index in [1.807, 2.05) is 22.6 Å². The predicted molar refractivity (Wildman–Crippen MR) is 51.3 cm³/mol. The Bertz CT molecular complexity index is 305. The minimum atomic E-state index is -0.471. The third-order valence-corrected chi connectivity index (χ3v) is 3.19. The first-order valence-electron chi connectivity index (χ1n) is 2.56. The highest BCUT2D eigenvalue weighted by Crippen LogP contribution is 2.20. The second-order valence-electron chi connectivity index (χ2n) is 1.72. The first kappa shape index (κ1) is 8.85. The molecule has 0 fully saturated rings. The Kier molecular flexibility index (Phi) is 2.77. The van der Waals surface area contributed by atoms with Crippen molar-refractivity contribution in [1.82, 2.24) is 4.98 Å². The molecule has 4 nitrogen and oxygen atoms in total. The maximum Gasteiger partial charge on any atom is 0.288 e. The zero-order chi connectivity index (χ0) is 8.43. The fraction of sp³-hybridized carbons (Fsp3) is 0. The number of hydrogen-bond donors (Lipinski definition) is 0. The van der Waals surface area contributed by atoms with Gasteiger partial charge in [0.25, 0.3) is 5.69 Å². The van der Waals surface area contributed by atoms with Crippen molar-refractivity contribution in [2.24, 2.45) is 0 Å². The molecule has 1 heterocycles. The second-order valence-corrected chi connectivity index (χ2v) is 3.64. The zero-order valence-corrected chi connectivity index (χ0v) is 8.87. The SMILES string of the molecule is O=[N+]([O-])c1cnc(Br)c(I)c1. The molecule has 1 aromatic heterocycles. The lowest BCUT2D eigenvalue weighted by atomic mass is 10.4. The molecule has 58 valence electrons. The topological polar surface area (TPSA) is 56.0 Å². The summed E-state index contributed by atoms with van der Waals surface area (Å²) in [5.41, 5.74) is 0.0117. The Hall–Kier alpha value is -0.240. The summed E-state index contributed by atoms with van der Waals surface area (Å²) in [7, 11) is 0. The van der Waals surface area contributed by atoms with E-state index in [2.05, 4.69) is 20.9 Å². The van der Waals surface area contributed by atoms with E-state index in [1.54, 1.807) is 0 Å². The molecule has 0 spiro atoms. The third kappa shape index (κ3) is 2.09. The van der Waals surface area contributed by atoms with Crippen LogP contribution < -0.4 is 0 Å². The lowest BCUT2D eigenvalue weighted by molar-refractivity contribution is -0.385. The molecule has 11 heavy (non-hydrogen) atoms. The fourth-order valence-corrected chi connectivity index (χ4v) is 1.19. The van der Waals surface area contributed by atoms with E-state index >= 15 is 0 Å². The van der Waals surface area contributed by atoms with Crippen LogP contribution in [0.25, 0.3) is 0 Å². The van der Waals surface area contributed by atoms with Gasteiger partial charge in [-0.2, -0.15) is 0 Å². The van der Waals surface area contributed by atoms with Gasteiger partial charge in [-0.3, -0.25) is 10.1 Å². The normalized spacial score (nSPS) is 9.64. The lowest BCUT2D eigenvalue weighted by Crippen LogP contribution is -1.90. The van der Waals surface area contributed by atoms with Crippen molar-refractivity contribution in [2.45, 2.75) is 0 Å². The first-order chi connectivity index (χ1) is 5.11. The van der Waals surface area contributed by atoms with Crippen LogP contribution in [-0.4, -0.2) is 9.91 Å². The minimum Gasteiger partial charge on any atom is -0.258 e. The average Bonchev–Trinajstić information content (AvgIpc) is 1.94. The highest BCUT2D eigenvalue weighted by molar-refractivity contribution is 14.1. The van der Waals surface area contributed by atoms with Gasteiger partial charge in [-0.25, -0.2) is 4.98 Å². The van der Waals surface area contributed by atoms with Crippen LogP contribution in [0.4, 0.5) is 5.69 Å². The summed E-state index contributed by atoms with van der Waals surface area (Å²) in [6.07, 6.45) is 1.21. The molecule has 0 radical (unpaired) electrons. The Morgan fingerprint density at radius 2 is 2.36 bits per heavy atom. The summed E-state index contributed by atoms with van der Waals surface area (Å²) in [6, 6.07) is 1.46. The molecule has 0 saturated heterocycles. The number of hydrogen-bond acceptors (Lipinski definition) is 3. The van der Waals surface area contributed by atoms with Gasteiger partial charge in [0.1, 0.15) is 10.8 Å². The van der Waals surface area contributed by atoms with E-state index in [4.69, 9.17) is 0 Å². The summed E-state index contributed by atoms with van der Waals surface area (Å²) in [4.78, 5) is 13.5. The Balaban J connectivity index is 3.15. The summed E-state index contributed by atoms with van der Waals surface area (Å²) >= 11 is 5.11. The average molecular weight is 329 g/mol. The van der Waals surface area contributed by atoms with Crippen molar-refractivity contribution in [1.29, 1.82) is 0 Å². The van der Waals surface area contributed by atoms with Gasteiger partial charge in [0.2, 0.25) is 0 Å². The van der Waals surface area contributed by atoms with Crippen LogP contribution in [-0.2, 0) is 0 Å². The molecule has 6 heteroatoms. The molecule has 0 atom stereocenters. The van der Waals surface area contributed by atoms with E-state index in [0.717, 1.165) is 3.57 Å². The summed E-state index contributed by atoms with van der Waals surface area (Å²) < 4.78 is 1.36. The molecule has 0 aliphatic carbocycles. The highest BCUT2D eigenvalue weighted by atomic mass is 127. The smallest absolute Gasteiger partial charge is 0.258 e. The van der Waals surface area contributed by atoms with Crippen molar-refractivity contribution in [2.75, 3.05) is 0 Å². The Labute approximate surface area is 84.4 Å². The van der Waals surface area contributed by atoms with Crippen LogP contribution >= 0.6 is 38.5 Å². The van der Waals surface area contributed by atoms with E-state index in [-0.39, 0.29) is 5.69 Å². The zero-order valence-electron chi connectivity index (χ0n) is 5.12. The van der Waals surface area contributed by atoms with Crippen molar-refractivity contribution in [3.63, 3.8) is 0 Å². The molecule has 0 aromatic carbocycles. The van der Waals surface area contributed by atoms with Crippen molar-refractivity contribution >= 4 is 44.2 Å². The van der Waals surface area contributed by atoms with Crippen LogP contribution in [0, 0.1) is 13.7 Å². The molecular weight excluding hydrogens is 327 g/mol. The summed E-state index contributed by atoms with van der Waals surface area (Å²) in [5.74, 6) is 0. The van der Waals surface area contributed by atoms with E-state index < -0.39 is 4.92 Å². The van der Waals surface area contributed by atoms with Gasteiger partial charge in [-0.05, 0) is 38.5 Å². The van der Waals surface area contributed by atoms with Gasteiger partial charge in [-0.1, -0.05) is 0 Å².